The number of nitrogens with zero attached hydrogens (tertiary/aromatic N) is 2. The van der Waals surface area contributed by atoms with Crippen molar-refractivity contribution in [2.75, 3.05) is 46.3 Å². The summed E-state index contributed by atoms with van der Waals surface area (Å²) < 4.78 is 0. The molecule has 1 rings (SSSR count). The van der Waals surface area contributed by atoms with Gasteiger partial charge in [0.2, 0.25) is 0 Å². The fraction of sp³-hybridized carbons (Fsp3) is 0.846. The first kappa shape index (κ1) is 13.5. The molecule has 94 valence electrons. The van der Waals surface area contributed by atoms with Crippen LogP contribution in [-0.4, -0.2) is 56.1 Å². The average Bonchev–Trinajstić information content (AvgIpc) is 2.27. The third kappa shape index (κ3) is 5.52. The molecular weight excluding hydrogens is 198 g/mol. The van der Waals surface area contributed by atoms with Crippen LogP contribution in [-0.2, 0) is 0 Å². The molecule has 0 aromatic carbocycles. The summed E-state index contributed by atoms with van der Waals surface area (Å²) in [4.78, 5) is 4.96. The quantitative estimate of drug-likeness (QED) is 0.663. The maximum atomic E-state index is 4.01. The second-order valence-electron chi connectivity index (χ2n) is 4.78. The van der Waals surface area contributed by atoms with E-state index in [0.29, 0.717) is 0 Å². The van der Waals surface area contributed by atoms with E-state index >= 15 is 0 Å². The number of hydrogen-bond donors (Lipinski definition) is 1. The fourth-order valence-electron chi connectivity index (χ4n) is 2.03. The highest BCUT2D eigenvalue weighted by molar-refractivity contribution is 4.89. The summed E-state index contributed by atoms with van der Waals surface area (Å²) in [6.07, 6.45) is 3.52. The highest BCUT2D eigenvalue weighted by atomic mass is 15.2. The molecule has 1 aliphatic heterocycles. The molecule has 0 aromatic heterocycles. The maximum Gasteiger partial charge on any atom is 0.0155 e. The highest BCUT2D eigenvalue weighted by Crippen LogP contribution is 2.00. The molecule has 3 heteroatoms. The van der Waals surface area contributed by atoms with Crippen molar-refractivity contribution < 1.29 is 0 Å². The van der Waals surface area contributed by atoms with Crippen molar-refractivity contribution in [3.05, 3.63) is 12.3 Å². The van der Waals surface area contributed by atoms with Gasteiger partial charge < -0.3 is 15.1 Å². The van der Waals surface area contributed by atoms with Crippen molar-refractivity contribution >= 4 is 0 Å². The van der Waals surface area contributed by atoms with Gasteiger partial charge in [0, 0.05) is 38.4 Å². The lowest BCUT2D eigenvalue weighted by atomic mass is 10.2. The van der Waals surface area contributed by atoms with E-state index in [-0.39, 0.29) is 0 Å². The number of likely N-dealkylation sites (N-methyl/N-ethyl adjacent to an activating group) is 1. The van der Waals surface area contributed by atoms with Crippen LogP contribution in [0.15, 0.2) is 12.3 Å². The minimum Gasteiger partial charge on any atom is -0.389 e. The minimum atomic E-state index is 1.07. The standard InChI is InChI=1S/C13H27N3/c1-4-6-13(2)14-7-5-8-16-11-9-15(3)10-12-16/h14H,2,4-12H2,1,3H3. The summed E-state index contributed by atoms with van der Waals surface area (Å²) in [6, 6.07) is 0. The van der Waals surface area contributed by atoms with Gasteiger partial charge in [-0.25, -0.2) is 0 Å². The van der Waals surface area contributed by atoms with Crippen LogP contribution < -0.4 is 5.32 Å². The van der Waals surface area contributed by atoms with E-state index in [1.807, 2.05) is 0 Å². The monoisotopic (exact) mass is 225 g/mol. The van der Waals surface area contributed by atoms with E-state index in [1.54, 1.807) is 0 Å². The van der Waals surface area contributed by atoms with Crippen LogP contribution >= 0.6 is 0 Å². The first-order chi connectivity index (χ1) is 7.72. The fourth-order valence-corrected chi connectivity index (χ4v) is 2.03. The van der Waals surface area contributed by atoms with E-state index < -0.39 is 0 Å². The molecule has 16 heavy (non-hydrogen) atoms. The zero-order valence-electron chi connectivity index (χ0n) is 11.0. The summed E-state index contributed by atoms with van der Waals surface area (Å²) in [5.41, 5.74) is 1.20. The van der Waals surface area contributed by atoms with Gasteiger partial charge in [-0.15, -0.1) is 0 Å². The van der Waals surface area contributed by atoms with Crippen LogP contribution in [0.4, 0.5) is 0 Å². The van der Waals surface area contributed by atoms with Gasteiger partial charge in [0.1, 0.15) is 0 Å². The number of rotatable bonds is 7. The number of allylic oxidation sites excluding steroid dienone is 1. The molecule has 1 fully saturated rings. The first-order valence-corrected chi connectivity index (χ1v) is 6.55. The van der Waals surface area contributed by atoms with E-state index in [2.05, 4.69) is 35.7 Å². The third-order valence-corrected chi connectivity index (χ3v) is 3.17. The Morgan fingerprint density at radius 3 is 2.56 bits per heavy atom. The Morgan fingerprint density at radius 1 is 1.25 bits per heavy atom. The normalized spacial score (nSPS) is 18.6. The lowest BCUT2D eigenvalue weighted by molar-refractivity contribution is 0.153. The molecule has 0 spiro atoms. The van der Waals surface area contributed by atoms with E-state index in [9.17, 15) is 0 Å². The van der Waals surface area contributed by atoms with Crippen LogP contribution in [0.2, 0.25) is 0 Å². The van der Waals surface area contributed by atoms with E-state index in [1.165, 1.54) is 51.3 Å². The molecule has 0 radical (unpaired) electrons. The largest absolute Gasteiger partial charge is 0.389 e. The van der Waals surface area contributed by atoms with Crippen LogP contribution in [0.5, 0.6) is 0 Å². The molecule has 1 N–H and O–H groups in total. The molecule has 0 bridgehead atoms. The van der Waals surface area contributed by atoms with Gasteiger partial charge in [-0.05, 0) is 26.4 Å². The van der Waals surface area contributed by atoms with Crippen LogP contribution in [0.1, 0.15) is 26.2 Å². The molecule has 0 aromatic rings. The summed E-state index contributed by atoms with van der Waals surface area (Å²) in [6.45, 7) is 13.4. The average molecular weight is 225 g/mol. The van der Waals surface area contributed by atoms with Crippen LogP contribution in [0.25, 0.3) is 0 Å². The lowest BCUT2D eigenvalue weighted by Crippen LogP contribution is -2.45. The predicted molar refractivity (Wildman–Crippen MR) is 70.6 cm³/mol. The number of piperazine rings is 1. The van der Waals surface area contributed by atoms with Crippen molar-refractivity contribution in [3.8, 4) is 0 Å². The van der Waals surface area contributed by atoms with E-state index in [4.69, 9.17) is 0 Å². The van der Waals surface area contributed by atoms with Crippen molar-refractivity contribution in [1.29, 1.82) is 0 Å². The van der Waals surface area contributed by atoms with Gasteiger partial charge in [0.05, 0.1) is 0 Å². The minimum absolute atomic E-state index is 1.07. The smallest absolute Gasteiger partial charge is 0.0155 e. The summed E-state index contributed by atoms with van der Waals surface area (Å²) in [7, 11) is 2.20. The topological polar surface area (TPSA) is 18.5 Å². The van der Waals surface area contributed by atoms with Crippen molar-refractivity contribution in [2.24, 2.45) is 0 Å². The Morgan fingerprint density at radius 2 is 1.94 bits per heavy atom. The molecule has 1 saturated heterocycles. The summed E-state index contributed by atoms with van der Waals surface area (Å²) >= 11 is 0. The Balaban J connectivity index is 1.97. The van der Waals surface area contributed by atoms with E-state index in [0.717, 1.165) is 13.0 Å². The molecule has 0 aliphatic carbocycles. The van der Waals surface area contributed by atoms with Crippen LogP contribution in [0.3, 0.4) is 0 Å². The van der Waals surface area contributed by atoms with Gasteiger partial charge in [-0.3, -0.25) is 0 Å². The van der Waals surface area contributed by atoms with Gasteiger partial charge in [-0.2, -0.15) is 0 Å². The Bertz CT molecular complexity index is 195. The Labute approximate surface area is 100 Å². The molecule has 0 amide bonds. The molecule has 0 unspecified atom stereocenters. The molecule has 3 nitrogen and oxygen atoms in total. The first-order valence-electron chi connectivity index (χ1n) is 6.55. The third-order valence-electron chi connectivity index (χ3n) is 3.17. The number of hydrogen-bond acceptors (Lipinski definition) is 3. The maximum absolute atomic E-state index is 4.01. The summed E-state index contributed by atoms with van der Waals surface area (Å²) in [5, 5.41) is 3.40. The lowest BCUT2D eigenvalue weighted by Gasteiger charge is -2.32. The zero-order valence-corrected chi connectivity index (χ0v) is 11.0. The molecule has 0 atom stereocenters. The SMILES string of the molecule is C=C(CCC)NCCCN1CCN(C)CC1. The van der Waals surface area contributed by atoms with Crippen molar-refractivity contribution in [2.45, 2.75) is 26.2 Å². The van der Waals surface area contributed by atoms with Crippen molar-refractivity contribution in [1.82, 2.24) is 15.1 Å². The van der Waals surface area contributed by atoms with Gasteiger partial charge in [-0.1, -0.05) is 19.9 Å². The Kier molecular flexibility index (Phi) is 6.50. The summed E-state index contributed by atoms with van der Waals surface area (Å²) in [5.74, 6) is 0. The molecular formula is C13H27N3. The Hall–Kier alpha value is -0.540. The van der Waals surface area contributed by atoms with Gasteiger partial charge in [0.25, 0.3) is 0 Å². The molecule has 1 aliphatic rings. The second kappa shape index (κ2) is 7.69. The highest BCUT2D eigenvalue weighted by Gasteiger charge is 2.12. The van der Waals surface area contributed by atoms with Crippen LogP contribution in [0, 0.1) is 0 Å². The molecule has 1 heterocycles. The zero-order chi connectivity index (χ0) is 11.8. The number of nitrogens with one attached hydrogen (secondary N) is 1. The van der Waals surface area contributed by atoms with Gasteiger partial charge in [0.15, 0.2) is 0 Å². The van der Waals surface area contributed by atoms with Gasteiger partial charge >= 0.3 is 0 Å². The second-order valence-corrected chi connectivity index (χ2v) is 4.78. The van der Waals surface area contributed by atoms with Crippen molar-refractivity contribution in [3.63, 3.8) is 0 Å². The predicted octanol–water partition coefficient (Wildman–Crippen LogP) is 1.53. The molecule has 0 saturated carbocycles.